The molecule has 1 saturated carbocycles. The van der Waals surface area contributed by atoms with Crippen LogP contribution in [0.2, 0.25) is 0 Å². The molecule has 0 heterocycles. The number of hydrogen-bond donors (Lipinski definition) is 0. The van der Waals surface area contributed by atoms with Gasteiger partial charge in [0.2, 0.25) is 0 Å². The Morgan fingerprint density at radius 3 is 1.81 bits per heavy atom. The quantitative estimate of drug-likeness (QED) is 0.404. The molecule has 0 aliphatic heterocycles. The molecule has 27 heavy (non-hydrogen) atoms. The lowest BCUT2D eigenvalue weighted by Crippen LogP contribution is -2.63. The SMILES string of the molecule is C=C(C)C(=O)N(C(C)C)C(F)(F)C(=O)N(C(=O)C(F)(F)F)C1CCCCC1. The number of nitrogens with zero attached hydrogens (tertiary/aromatic N) is 2. The molecule has 10 heteroatoms. The predicted molar refractivity (Wildman–Crippen MR) is 86.5 cm³/mol. The van der Waals surface area contributed by atoms with Crippen LogP contribution in [0.5, 0.6) is 0 Å². The van der Waals surface area contributed by atoms with Crippen molar-refractivity contribution < 1.29 is 36.3 Å². The molecule has 0 aromatic carbocycles. The zero-order valence-electron chi connectivity index (χ0n) is 15.4. The van der Waals surface area contributed by atoms with Crippen LogP contribution in [0.1, 0.15) is 52.9 Å². The average molecular weight is 398 g/mol. The molecular weight excluding hydrogens is 375 g/mol. The first kappa shape index (κ1) is 23.0. The van der Waals surface area contributed by atoms with Gasteiger partial charge >= 0.3 is 24.0 Å². The molecule has 0 radical (unpaired) electrons. The minimum atomic E-state index is -5.50. The number of halogens is 5. The van der Waals surface area contributed by atoms with Crippen LogP contribution in [0.4, 0.5) is 22.0 Å². The van der Waals surface area contributed by atoms with Crippen molar-refractivity contribution in [2.45, 2.75) is 77.2 Å². The Kier molecular flexibility index (Phi) is 7.12. The summed E-state index contributed by atoms with van der Waals surface area (Å²) in [5.41, 5.74) is -0.317. The van der Waals surface area contributed by atoms with Crippen LogP contribution in [0.15, 0.2) is 12.2 Å². The lowest BCUT2D eigenvalue weighted by atomic mass is 9.93. The fraction of sp³-hybridized carbons (Fsp3) is 0.706. The van der Waals surface area contributed by atoms with E-state index in [1.165, 1.54) is 13.8 Å². The molecule has 3 amide bonds. The number of hydrogen-bond acceptors (Lipinski definition) is 3. The van der Waals surface area contributed by atoms with Crippen LogP contribution < -0.4 is 0 Å². The van der Waals surface area contributed by atoms with Gasteiger partial charge in [0.15, 0.2) is 0 Å². The maximum Gasteiger partial charge on any atom is 0.471 e. The normalized spacial score (nSPS) is 16.2. The van der Waals surface area contributed by atoms with Crippen LogP contribution in [0.25, 0.3) is 0 Å². The Labute approximate surface area is 154 Å². The molecule has 1 rings (SSSR count). The standard InChI is InChI=1S/C17H23F5N2O3/c1-10(2)13(25)24(11(3)4)17(21,22)15(27)23(14(26)16(18,19)20)12-8-6-5-7-9-12/h11-12H,1,5-9H2,2-4H3. The number of alkyl halides is 5. The fourth-order valence-electron chi connectivity index (χ4n) is 3.04. The molecule has 0 unspecified atom stereocenters. The number of carbonyl (C=O) groups is 3. The highest BCUT2D eigenvalue weighted by molar-refractivity contribution is 6.03. The lowest BCUT2D eigenvalue weighted by molar-refractivity contribution is -0.212. The van der Waals surface area contributed by atoms with E-state index in [1.807, 2.05) is 0 Å². The van der Waals surface area contributed by atoms with Crippen molar-refractivity contribution in [1.82, 2.24) is 9.80 Å². The largest absolute Gasteiger partial charge is 0.471 e. The Bertz CT molecular complexity index is 610. The van der Waals surface area contributed by atoms with Gasteiger partial charge in [-0.15, -0.1) is 0 Å². The minimum absolute atomic E-state index is 0.000247. The average Bonchev–Trinajstić information content (AvgIpc) is 2.54. The van der Waals surface area contributed by atoms with Crippen molar-refractivity contribution in [2.24, 2.45) is 0 Å². The third-order valence-electron chi connectivity index (χ3n) is 4.28. The second-order valence-electron chi connectivity index (χ2n) is 6.86. The monoisotopic (exact) mass is 398 g/mol. The minimum Gasteiger partial charge on any atom is -0.269 e. The first-order valence-electron chi connectivity index (χ1n) is 8.54. The second kappa shape index (κ2) is 8.35. The Morgan fingerprint density at radius 2 is 1.44 bits per heavy atom. The molecule has 1 fully saturated rings. The maximum atomic E-state index is 14.9. The molecule has 5 nitrogen and oxygen atoms in total. The summed E-state index contributed by atoms with van der Waals surface area (Å²) in [4.78, 5) is 35.8. The Balaban J connectivity index is 3.37. The van der Waals surface area contributed by atoms with E-state index >= 15 is 0 Å². The first-order chi connectivity index (χ1) is 12.2. The molecule has 0 spiro atoms. The highest BCUT2D eigenvalue weighted by Crippen LogP contribution is 2.33. The van der Waals surface area contributed by atoms with E-state index in [-0.39, 0.29) is 23.3 Å². The van der Waals surface area contributed by atoms with Crippen molar-refractivity contribution in [3.8, 4) is 0 Å². The summed E-state index contributed by atoms with van der Waals surface area (Å²) >= 11 is 0. The molecule has 0 N–H and O–H groups in total. The van der Waals surface area contributed by atoms with Crippen molar-refractivity contribution in [3.05, 3.63) is 12.2 Å². The summed E-state index contributed by atoms with van der Waals surface area (Å²) in [5.74, 6) is -6.28. The van der Waals surface area contributed by atoms with Gasteiger partial charge in [0, 0.05) is 17.7 Å². The number of amides is 3. The predicted octanol–water partition coefficient (Wildman–Crippen LogP) is 3.64. The van der Waals surface area contributed by atoms with E-state index in [4.69, 9.17) is 0 Å². The van der Waals surface area contributed by atoms with Crippen molar-refractivity contribution in [1.29, 1.82) is 0 Å². The summed E-state index contributed by atoms with van der Waals surface area (Å²) in [6, 6.07) is -7.15. The third-order valence-corrected chi connectivity index (χ3v) is 4.28. The van der Waals surface area contributed by atoms with Crippen LogP contribution in [0, 0.1) is 0 Å². The molecule has 154 valence electrons. The van der Waals surface area contributed by atoms with E-state index in [0.29, 0.717) is 19.3 Å². The zero-order valence-corrected chi connectivity index (χ0v) is 15.4. The van der Waals surface area contributed by atoms with E-state index in [0.717, 1.165) is 6.92 Å². The summed E-state index contributed by atoms with van der Waals surface area (Å²) in [7, 11) is 0. The number of rotatable bonds is 5. The van der Waals surface area contributed by atoms with Crippen molar-refractivity contribution in [3.63, 3.8) is 0 Å². The van der Waals surface area contributed by atoms with Crippen LogP contribution in [-0.4, -0.2) is 51.8 Å². The van der Waals surface area contributed by atoms with Crippen LogP contribution in [0.3, 0.4) is 0 Å². The molecule has 0 bridgehead atoms. The molecule has 0 saturated heterocycles. The highest BCUT2D eigenvalue weighted by atomic mass is 19.4. The summed E-state index contributed by atoms with van der Waals surface area (Å²) in [6.45, 7) is 6.74. The zero-order chi connectivity index (χ0) is 21.2. The Hall–Kier alpha value is -2.00. The molecule has 1 aliphatic rings. The fourth-order valence-corrected chi connectivity index (χ4v) is 3.04. The van der Waals surface area contributed by atoms with Gasteiger partial charge in [-0.05, 0) is 33.6 Å². The summed E-state index contributed by atoms with van der Waals surface area (Å²) in [6.07, 6.45) is -4.02. The number of carbonyl (C=O) groups excluding carboxylic acids is 3. The van der Waals surface area contributed by atoms with E-state index in [2.05, 4.69) is 6.58 Å². The van der Waals surface area contributed by atoms with E-state index in [9.17, 15) is 36.3 Å². The maximum absolute atomic E-state index is 14.9. The van der Waals surface area contributed by atoms with Gasteiger partial charge < -0.3 is 0 Å². The van der Waals surface area contributed by atoms with Crippen molar-refractivity contribution in [2.75, 3.05) is 0 Å². The second-order valence-corrected chi connectivity index (χ2v) is 6.86. The van der Waals surface area contributed by atoms with Gasteiger partial charge in [-0.2, -0.15) is 22.0 Å². The third kappa shape index (κ3) is 5.04. The topological polar surface area (TPSA) is 57.7 Å². The summed E-state index contributed by atoms with van der Waals surface area (Å²) in [5, 5.41) is 0. The molecule has 0 atom stereocenters. The van der Waals surface area contributed by atoms with Gasteiger partial charge in [-0.1, -0.05) is 25.8 Å². The van der Waals surface area contributed by atoms with E-state index < -0.39 is 46.9 Å². The Morgan fingerprint density at radius 1 is 0.963 bits per heavy atom. The molecule has 1 aliphatic carbocycles. The van der Waals surface area contributed by atoms with Crippen LogP contribution >= 0.6 is 0 Å². The smallest absolute Gasteiger partial charge is 0.269 e. The van der Waals surface area contributed by atoms with Gasteiger partial charge in [0.05, 0.1) is 0 Å². The van der Waals surface area contributed by atoms with Gasteiger partial charge in [-0.3, -0.25) is 24.2 Å². The lowest BCUT2D eigenvalue weighted by Gasteiger charge is -2.39. The number of imide groups is 1. The van der Waals surface area contributed by atoms with Gasteiger partial charge in [0.1, 0.15) is 0 Å². The van der Waals surface area contributed by atoms with Crippen molar-refractivity contribution >= 4 is 17.7 Å². The molecule has 0 aromatic heterocycles. The van der Waals surface area contributed by atoms with Crippen LogP contribution in [-0.2, 0) is 14.4 Å². The summed E-state index contributed by atoms with van der Waals surface area (Å²) < 4.78 is 68.6. The molecular formula is C17H23F5N2O3. The van der Waals surface area contributed by atoms with Gasteiger partial charge in [-0.25, -0.2) is 0 Å². The molecule has 0 aromatic rings. The van der Waals surface area contributed by atoms with Gasteiger partial charge in [0.25, 0.3) is 5.91 Å². The van der Waals surface area contributed by atoms with E-state index in [1.54, 1.807) is 0 Å². The first-order valence-corrected chi connectivity index (χ1v) is 8.54. The highest BCUT2D eigenvalue weighted by Gasteiger charge is 2.57.